The fraction of sp³-hybridized carbons (Fsp3) is 0.333. The van der Waals surface area contributed by atoms with Gasteiger partial charge in [-0.25, -0.2) is 0 Å². The highest BCUT2D eigenvalue weighted by Gasteiger charge is 2.16. The Morgan fingerprint density at radius 2 is 1.90 bits per heavy atom. The standard InChI is InChI=1S/C18H21BrIN/c1-3-11-21-17(12-14-8-4-5-10-16(14)19)15-9-6-7-13(2)18(15)20/h4-10,17,21H,3,11-12H2,1-2H3. The molecule has 21 heavy (non-hydrogen) atoms. The predicted molar refractivity (Wildman–Crippen MR) is 103 cm³/mol. The van der Waals surface area contributed by atoms with Crippen LogP contribution in [0.25, 0.3) is 0 Å². The molecule has 0 aromatic heterocycles. The molecule has 3 heteroatoms. The van der Waals surface area contributed by atoms with Gasteiger partial charge in [0.2, 0.25) is 0 Å². The number of nitrogens with one attached hydrogen (secondary N) is 1. The minimum Gasteiger partial charge on any atom is -0.310 e. The largest absolute Gasteiger partial charge is 0.310 e. The number of halogens is 2. The van der Waals surface area contributed by atoms with Gasteiger partial charge in [0.15, 0.2) is 0 Å². The first kappa shape index (κ1) is 17.0. The van der Waals surface area contributed by atoms with Gasteiger partial charge >= 0.3 is 0 Å². The summed E-state index contributed by atoms with van der Waals surface area (Å²) in [5, 5.41) is 3.70. The third kappa shape index (κ3) is 4.54. The van der Waals surface area contributed by atoms with Crippen LogP contribution >= 0.6 is 38.5 Å². The summed E-state index contributed by atoms with van der Waals surface area (Å²) in [6.07, 6.45) is 2.15. The zero-order valence-electron chi connectivity index (χ0n) is 12.5. The summed E-state index contributed by atoms with van der Waals surface area (Å²) in [7, 11) is 0. The molecule has 0 fully saturated rings. The monoisotopic (exact) mass is 457 g/mol. The average Bonchev–Trinajstić information content (AvgIpc) is 2.48. The van der Waals surface area contributed by atoms with Crippen LogP contribution in [-0.2, 0) is 6.42 Å². The van der Waals surface area contributed by atoms with Crippen molar-refractivity contribution in [3.05, 3.63) is 67.2 Å². The Morgan fingerprint density at radius 1 is 1.14 bits per heavy atom. The van der Waals surface area contributed by atoms with Gasteiger partial charge in [-0.15, -0.1) is 0 Å². The number of benzene rings is 2. The van der Waals surface area contributed by atoms with Crippen LogP contribution in [0.4, 0.5) is 0 Å². The second kappa shape index (κ2) is 8.30. The van der Waals surface area contributed by atoms with Gasteiger partial charge in [-0.05, 0) is 71.7 Å². The van der Waals surface area contributed by atoms with Crippen molar-refractivity contribution in [3.8, 4) is 0 Å². The lowest BCUT2D eigenvalue weighted by molar-refractivity contribution is 0.526. The third-order valence-corrected chi connectivity index (χ3v) is 5.87. The molecule has 2 aromatic carbocycles. The Labute approximate surface area is 149 Å². The smallest absolute Gasteiger partial charge is 0.0371 e. The minimum absolute atomic E-state index is 0.357. The van der Waals surface area contributed by atoms with E-state index in [0.29, 0.717) is 6.04 Å². The third-order valence-electron chi connectivity index (χ3n) is 3.62. The van der Waals surface area contributed by atoms with Crippen molar-refractivity contribution in [2.24, 2.45) is 0 Å². The van der Waals surface area contributed by atoms with Crippen molar-refractivity contribution < 1.29 is 0 Å². The summed E-state index contributed by atoms with van der Waals surface area (Å²) in [4.78, 5) is 0. The van der Waals surface area contributed by atoms with Crippen molar-refractivity contribution >= 4 is 38.5 Å². The molecule has 2 aromatic rings. The number of hydrogen-bond donors (Lipinski definition) is 1. The second-order valence-electron chi connectivity index (χ2n) is 5.28. The quantitative estimate of drug-likeness (QED) is 0.553. The van der Waals surface area contributed by atoms with E-state index in [4.69, 9.17) is 0 Å². The molecular formula is C18H21BrIN. The Kier molecular flexibility index (Phi) is 6.71. The molecule has 1 nitrogen and oxygen atoms in total. The fourth-order valence-corrected chi connectivity index (χ4v) is 3.62. The van der Waals surface area contributed by atoms with Crippen molar-refractivity contribution in [1.82, 2.24) is 5.32 Å². The first-order chi connectivity index (χ1) is 10.1. The summed E-state index contributed by atoms with van der Waals surface area (Å²) in [6.45, 7) is 5.43. The minimum atomic E-state index is 0.357. The number of aryl methyl sites for hydroxylation is 1. The summed E-state index contributed by atoms with van der Waals surface area (Å²) < 4.78 is 2.56. The second-order valence-corrected chi connectivity index (χ2v) is 7.21. The van der Waals surface area contributed by atoms with Crippen molar-refractivity contribution in [1.29, 1.82) is 0 Å². The van der Waals surface area contributed by atoms with E-state index in [9.17, 15) is 0 Å². The van der Waals surface area contributed by atoms with E-state index in [1.54, 1.807) is 0 Å². The number of hydrogen-bond acceptors (Lipinski definition) is 1. The summed E-state index contributed by atoms with van der Waals surface area (Å²) in [5.74, 6) is 0. The van der Waals surface area contributed by atoms with Crippen LogP contribution in [0.15, 0.2) is 46.9 Å². The van der Waals surface area contributed by atoms with E-state index >= 15 is 0 Å². The van der Waals surface area contributed by atoms with Crippen LogP contribution in [0.3, 0.4) is 0 Å². The van der Waals surface area contributed by atoms with Gasteiger partial charge in [0.1, 0.15) is 0 Å². The molecule has 0 aliphatic rings. The maximum absolute atomic E-state index is 3.70. The SMILES string of the molecule is CCCNC(Cc1ccccc1Br)c1cccc(C)c1I. The molecule has 0 radical (unpaired) electrons. The first-order valence-electron chi connectivity index (χ1n) is 7.35. The molecule has 0 amide bonds. The molecule has 1 N–H and O–H groups in total. The zero-order chi connectivity index (χ0) is 15.2. The van der Waals surface area contributed by atoms with Crippen LogP contribution in [-0.4, -0.2) is 6.54 Å². The van der Waals surface area contributed by atoms with Gasteiger partial charge in [0, 0.05) is 14.1 Å². The van der Waals surface area contributed by atoms with Crippen LogP contribution in [0, 0.1) is 10.5 Å². The van der Waals surface area contributed by atoms with E-state index in [1.165, 1.54) is 24.7 Å². The Hall–Kier alpha value is -0.390. The van der Waals surface area contributed by atoms with Crippen LogP contribution in [0.1, 0.15) is 36.1 Å². The molecule has 0 bridgehead atoms. The maximum Gasteiger partial charge on any atom is 0.0371 e. The molecular weight excluding hydrogens is 437 g/mol. The van der Waals surface area contributed by atoms with Crippen LogP contribution in [0.2, 0.25) is 0 Å². The van der Waals surface area contributed by atoms with Crippen molar-refractivity contribution in [2.75, 3.05) is 6.54 Å². The summed E-state index contributed by atoms with van der Waals surface area (Å²) in [6, 6.07) is 15.4. The molecule has 0 heterocycles. The molecule has 0 saturated carbocycles. The van der Waals surface area contributed by atoms with E-state index < -0.39 is 0 Å². The van der Waals surface area contributed by atoms with E-state index in [2.05, 4.69) is 100 Å². The Morgan fingerprint density at radius 3 is 2.62 bits per heavy atom. The summed E-state index contributed by atoms with van der Waals surface area (Å²) >= 11 is 6.14. The van der Waals surface area contributed by atoms with Gasteiger partial charge in [-0.3, -0.25) is 0 Å². The Balaban J connectivity index is 2.30. The van der Waals surface area contributed by atoms with Gasteiger partial charge in [0.25, 0.3) is 0 Å². The lowest BCUT2D eigenvalue weighted by Crippen LogP contribution is -2.25. The molecule has 0 aliphatic carbocycles. The summed E-state index contributed by atoms with van der Waals surface area (Å²) in [5.41, 5.74) is 4.10. The van der Waals surface area contributed by atoms with Crippen LogP contribution in [0.5, 0.6) is 0 Å². The molecule has 2 rings (SSSR count). The van der Waals surface area contributed by atoms with Gasteiger partial charge in [-0.2, -0.15) is 0 Å². The molecule has 0 spiro atoms. The van der Waals surface area contributed by atoms with Gasteiger partial charge in [0.05, 0.1) is 0 Å². The molecule has 1 atom stereocenters. The van der Waals surface area contributed by atoms with Gasteiger partial charge in [-0.1, -0.05) is 59.3 Å². The topological polar surface area (TPSA) is 12.0 Å². The molecule has 0 saturated heterocycles. The van der Waals surface area contributed by atoms with Crippen molar-refractivity contribution in [3.63, 3.8) is 0 Å². The Bertz CT molecular complexity index is 598. The van der Waals surface area contributed by atoms with E-state index in [1.807, 2.05) is 0 Å². The fourth-order valence-electron chi connectivity index (χ4n) is 2.43. The number of rotatable bonds is 6. The lowest BCUT2D eigenvalue weighted by atomic mass is 9.97. The molecule has 0 aliphatic heterocycles. The first-order valence-corrected chi connectivity index (χ1v) is 9.22. The highest BCUT2D eigenvalue weighted by atomic mass is 127. The lowest BCUT2D eigenvalue weighted by Gasteiger charge is -2.22. The highest BCUT2D eigenvalue weighted by molar-refractivity contribution is 14.1. The average molecular weight is 458 g/mol. The highest BCUT2D eigenvalue weighted by Crippen LogP contribution is 2.28. The van der Waals surface area contributed by atoms with Gasteiger partial charge < -0.3 is 5.32 Å². The van der Waals surface area contributed by atoms with E-state index in [0.717, 1.165) is 19.4 Å². The normalized spacial score (nSPS) is 12.4. The van der Waals surface area contributed by atoms with Crippen LogP contribution < -0.4 is 5.32 Å². The molecule has 112 valence electrons. The maximum atomic E-state index is 3.70. The molecule has 1 unspecified atom stereocenters. The van der Waals surface area contributed by atoms with E-state index in [-0.39, 0.29) is 0 Å². The van der Waals surface area contributed by atoms with Crippen molar-refractivity contribution in [2.45, 2.75) is 32.7 Å². The predicted octanol–water partition coefficient (Wildman–Crippen LogP) is 5.65. The zero-order valence-corrected chi connectivity index (χ0v) is 16.2.